The Kier molecular flexibility index (Phi) is 3.45. The summed E-state index contributed by atoms with van der Waals surface area (Å²) in [5, 5.41) is 3.33. The molecule has 0 bridgehead atoms. The van der Waals surface area contributed by atoms with Crippen molar-refractivity contribution in [3.8, 4) is 0 Å². The van der Waals surface area contributed by atoms with Crippen LogP contribution in [0.5, 0.6) is 0 Å². The highest BCUT2D eigenvalue weighted by Crippen LogP contribution is 2.19. The second-order valence-electron chi connectivity index (χ2n) is 4.63. The van der Waals surface area contributed by atoms with Crippen LogP contribution in [0, 0.1) is 6.92 Å². The van der Waals surface area contributed by atoms with Crippen LogP contribution in [0.2, 0.25) is 0 Å². The average molecular weight is 233 g/mol. The smallest absolute Gasteiger partial charge is 0.192 e. The van der Waals surface area contributed by atoms with Gasteiger partial charge >= 0.3 is 0 Å². The van der Waals surface area contributed by atoms with Gasteiger partial charge in [0.25, 0.3) is 0 Å². The number of nitrogens with two attached hydrogens (primary N) is 1. The lowest BCUT2D eigenvalue weighted by Gasteiger charge is -2.15. The second-order valence-corrected chi connectivity index (χ2v) is 4.63. The molecule has 0 radical (unpaired) electrons. The Morgan fingerprint density at radius 3 is 2.88 bits per heavy atom. The van der Waals surface area contributed by atoms with Crippen LogP contribution in [-0.2, 0) is 0 Å². The third-order valence-corrected chi connectivity index (χ3v) is 2.69. The molecule has 0 aliphatic rings. The number of nitrogens with one attached hydrogen (secondary N) is 1. The first-order valence-electron chi connectivity index (χ1n) is 5.92. The van der Waals surface area contributed by atoms with Crippen molar-refractivity contribution in [3.63, 3.8) is 0 Å². The number of hydrogen-bond acceptors (Lipinski definition) is 4. The maximum absolute atomic E-state index is 6.12. The van der Waals surface area contributed by atoms with Crippen molar-refractivity contribution in [1.82, 2.24) is 10.3 Å². The number of rotatable bonds is 4. The van der Waals surface area contributed by atoms with Gasteiger partial charge < -0.3 is 15.5 Å². The molecule has 1 unspecified atom stereocenters. The lowest BCUT2D eigenvalue weighted by molar-refractivity contribution is 0.537. The second kappa shape index (κ2) is 4.85. The fourth-order valence-electron chi connectivity index (χ4n) is 1.77. The van der Waals surface area contributed by atoms with Crippen molar-refractivity contribution >= 4 is 11.1 Å². The summed E-state index contributed by atoms with van der Waals surface area (Å²) in [6.07, 6.45) is 0. The van der Waals surface area contributed by atoms with Gasteiger partial charge in [-0.15, -0.1) is 0 Å². The van der Waals surface area contributed by atoms with Crippen molar-refractivity contribution in [2.45, 2.75) is 32.9 Å². The largest absolute Gasteiger partial charge is 0.441 e. The number of aromatic nitrogens is 1. The van der Waals surface area contributed by atoms with Gasteiger partial charge in [-0.3, -0.25) is 0 Å². The lowest BCUT2D eigenvalue weighted by atomic mass is 10.1. The first kappa shape index (κ1) is 12.1. The molecule has 1 heterocycles. The summed E-state index contributed by atoms with van der Waals surface area (Å²) in [6, 6.07) is 6.36. The molecule has 0 fully saturated rings. The van der Waals surface area contributed by atoms with Gasteiger partial charge in [-0.25, -0.2) is 4.98 Å². The molecule has 1 aromatic carbocycles. The molecule has 4 nitrogen and oxygen atoms in total. The number of aryl methyl sites for hydroxylation is 1. The van der Waals surface area contributed by atoms with Crippen molar-refractivity contribution in [3.05, 3.63) is 29.7 Å². The van der Waals surface area contributed by atoms with Crippen LogP contribution >= 0.6 is 0 Å². The quantitative estimate of drug-likeness (QED) is 0.849. The summed E-state index contributed by atoms with van der Waals surface area (Å²) < 4.78 is 5.43. The number of fused-ring (bicyclic) bond motifs is 1. The molecular formula is C13H19N3O. The van der Waals surface area contributed by atoms with Gasteiger partial charge in [-0.05, 0) is 17.7 Å². The molecule has 2 rings (SSSR count). The Balaban J connectivity index is 2.17. The number of oxazole rings is 1. The Morgan fingerprint density at radius 1 is 1.41 bits per heavy atom. The van der Waals surface area contributed by atoms with E-state index in [2.05, 4.69) is 24.1 Å². The SMILES string of the molecule is Cc1nc2cc(C(N)CNC(C)C)ccc2o1. The van der Waals surface area contributed by atoms with E-state index in [1.165, 1.54) is 0 Å². The standard InChI is InChI=1S/C13H19N3O/c1-8(2)15-7-11(14)10-4-5-13-12(6-10)16-9(3)17-13/h4-6,8,11,15H,7,14H2,1-3H3. The predicted octanol–water partition coefficient (Wildman–Crippen LogP) is 2.13. The number of hydrogen-bond donors (Lipinski definition) is 2. The molecule has 0 amide bonds. The maximum Gasteiger partial charge on any atom is 0.192 e. The van der Waals surface area contributed by atoms with E-state index in [4.69, 9.17) is 10.2 Å². The van der Waals surface area contributed by atoms with E-state index in [0.29, 0.717) is 11.9 Å². The highest BCUT2D eigenvalue weighted by Gasteiger charge is 2.09. The van der Waals surface area contributed by atoms with Crippen LogP contribution in [0.1, 0.15) is 31.3 Å². The molecule has 3 N–H and O–H groups in total. The van der Waals surface area contributed by atoms with Crippen LogP contribution in [0.4, 0.5) is 0 Å². The maximum atomic E-state index is 6.12. The van der Waals surface area contributed by atoms with Gasteiger partial charge in [0, 0.05) is 25.6 Å². The zero-order valence-electron chi connectivity index (χ0n) is 10.5. The minimum atomic E-state index is -0.0150. The van der Waals surface area contributed by atoms with Gasteiger partial charge in [0.1, 0.15) is 5.52 Å². The molecule has 1 aromatic heterocycles. The van der Waals surface area contributed by atoms with E-state index in [-0.39, 0.29) is 6.04 Å². The third-order valence-electron chi connectivity index (χ3n) is 2.69. The fourth-order valence-corrected chi connectivity index (χ4v) is 1.77. The molecular weight excluding hydrogens is 214 g/mol. The zero-order chi connectivity index (χ0) is 12.4. The Hall–Kier alpha value is -1.39. The van der Waals surface area contributed by atoms with E-state index >= 15 is 0 Å². The highest BCUT2D eigenvalue weighted by atomic mass is 16.3. The van der Waals surface area contributed by atoms with Crippen LogP contribution < -0.4 is 11.1 Å². The average Bonchev–Trinajstić information content (AvgIpc) is 2.64. The van der Waals surface area contributed by atoms with Crippen LogP contribution in [0.25, 0.3) is 11.1 Å². The summed E-state index contributed by atoms with van der Waals surface area (Å²) in [5.74, 6) is 0.686. The molecule has 0 aliphatic carbocycles. The van der Waals surface area contributed by atoms with E-state index in [1.807, 2.05) is 25.1 Å². The number of benzene rings is 1. The Bertz CT molecular complexity index is 504. The molecule has 0 aliphatic heterocycles. The monoisotopic (exact) mass is 233 g/mol. The van der Waals surface area contributed by atoms with Gasteiger partial charge in [0.15, 0.2) is 11.5 Å². The Labute approximate surface area is 101 Å². The van der Waals surface area contributed by atoms with Crippen molar-refractivity contribution in [2.24, 2.45) is 5.73 Å². The zero-order valence-corrected chi connectivity index (χ0v) is 10.5. The third kappa shape index (κ3) is 2.84. The van der Waals surface area contributed by atoms with Crippen molar-refractivity contribution in [1.29, 1.82) is 0 Å². The van der Waals surface area contributed by atoms with Gasteiger partial charge in [-0.1, -0.05) is 19.9 Å². The minimum absolute atomic E-state index is 0.0150. The van der Waals surface area contributed by atoms with Crippen molar-refractivity contribution < 1.29 is 4.42 Å². The first-order valence-corrected chi connectivity index (χ1v) is 5.92. The molecule has 92 valence electrons. The van der Waals surface area contributed by atoms with Crippen LogP contribution in [-0.4, -0.2) is 17.6 Å². The molecule has 0 saturated carbocycles. The summed E-state index contributed by atoms with van der Waals surface area (Å²) in [5.41, 5.74) is 8.89. The molecule has 4 heteroatoms. The lowest BCUT2D eigenvalue weighted by Crippen LogP contribution is -2.31. The van der Waals surface area contributed by atoms with Gasteiger partial charge in [-0.2, -0.15) is 0 Å². The van der Waals surface area contributed by atoms with Crippen LogP contribution in [0.15, 0.2) is 22.6 Å². The molecule has 0 spiro atoms. The summed E-state index contributed by atoms with van der Waals surface area (Å²) in [6.45, 7) is 6.83. The van der Waals surface area contributed by atoms with Crippen molar-refractivity contribution in [2.75, 3.05) is 6.54 Å². The number of nitrogens with zero attached hydrogens (tertiary/aromatic N) is 1. The predicted molar refractivity (Wildman–Crippen MR) is 68.8 cm³/mol. The minimum Gasteiger partial charge on any atom is -0.441 e. The van der Waals surface area contributed by atoms with E-state index in [0.717, 1.165) is 23.2 Å². The first-order chi connectivity index (χ1) is 8.06. The summed E-state index contributed by atoms with van der Waals surface area (Å²) in [4.78, 5) is 4.31. The van der Waals surface area contributed by atoms with Crippen LogP contribution in [0.3, 0.4) is 0 Å². The molecule has 0 saturated heterocycles. The highest BCUT2D eigenvalue weighted by molar-refractivity contribution is 5.73. The molecule has 1 atom stereocenters. The normalized spacial score (nSPS) is 13.5. The van der Waals surface area contributed by atoms with Gasteiger partial charge in [0.2, 0.25) is 0 Å². The molecule has 17 heavy (non-hydrogen) atoms. The summed E-state index contributed by atoms with van der Waals surface area (Å²) in [7, 11) is 0. The van der Waals surface area contributed by atoms with E-state index in [1.54, 1.807) is 0 Å². The van der Waals surface area contributed by atoms with Gasteiger partial charge in [0.05, 0.1) is 0 Å². The summed E-state index contributed by atoms with van der Waals surface area (Å²) >= 11 is 0. The van der Waals surface area contributed by atoms with E-state index in [9.17, 15) is 0 Å². The van der Waals surface area contributed by atoms with E-state index < -0.39 is 0 Å². The fraction of sp³-hybridized carbons (Fsp3) is 0.462. The Morgan fingerprint density at radius 2 is 2.18 bits per heavy atom. The topological polar surface area (TPSA) is 64.1 Å². The molecule has 2 aromatic rings.